The summed E-state index contributed by atoms with van der Waals surface area (Å²) in [4.78, 5) is 5.62. The second-order valence-corrected chi connectivity index (χ2v) is 5.51. The van der Waals surface area contributed by atoms with Crippen LogP contribution >= 0.6 is 11.8 Å². The molecule has 1 heterocycles. The molecule has 2 nitrogen and oxygen atoms in total. The summed E-state index contributed by atoms with van der Waals surface area (Å²) in [6.45, 7) is 5.32. The van der Waals surface area contributed by atoms with Gasteiger partial charge in [-0.3, -0.25) is 4.98 Å². The number of pyridine rings is 1. The molecule has 0 saturated heterocycles. The van der Waals surface area contributed by atoms with Crippen LogP contribution in [-0.4, -0.2) is 11.5 Å². The predicted octanol–water partition coefficient (Wildman–Crippen LogP) is 4.04. The zero-order chi connectivity index (χ0) is 13.5. The molecule has 1 unspecified atom stereocenters. The maximum atomic E-state index is 4.33. The highest BCUT2D eigenvalue weighted by molar-refractivity contribution is 7.98. The smallest absolute Gasteiger partial charge is 0.0506 e. The van der Waals surface area contributed by atoms with E-state index in [1.165, 1.54) is 10.5 Å². The van der Waals surface area contributed by atoms with E-state index in [1.54, 1.807) is 0 Å². The average Bonchev–Trinajstić information content (AvgIpc) is 2.47. The molecule has 0 amide bonds. The first-order chi connectivity index (χ1) is 9.29. The zero-order valence-corrected chi connectivity index (χ0v) is 12.3. The molecule has 0 fully saturated rings. The summed E-state index contributed by atoms with van der Waals surface area (Å²) in [5, 5.41) is 3.42. The summed E-state index contributed by atoms with van der Waals surface area (Å²) < 4.78 is 0. The highest BCUT2D eigenvalue weighted by atomic mass is 32.2. The molecular formula is C16H20N2S. The van der Waals surface area contributed by atoms with Gasteiger partial charge in [0.15, 0.2) is 0 Å². The van der Waals surface area contributed by atoms with Gasteiger partial charge in [-0.2, -0.15) is 0 Å². The SMILES string of the molecule is CCNC(C)c1ccc(SCc2ccccn2)cc1. The van der Waals surface area contributed by atoms with Gasteiger partial charge in [0.05, 0.1) is 5.69 Å². The average molecular weight is 272 g/mol. The van der Waals surface area contributed by atoms with Crippen molar-refractivity contribution in [2.75, 3.05) is 6.54 Å². The zero-order valence-electron chi connectivity index (χ0n) is 11.5. The first-order valence-electron chi connectivity index (χ1n) is 6.65. The molecule has 0 spiro atoms. The maximum absolute atomic E-state index is 4.33. The van der Waals surface area contributed by atoms with Crippen LogP contribution in [0, 0.1) is 0 Å². The Morgan fingerprint density at radius 3 is 2.58 bits per heavy atom. The third kappa shape index (κ3) is 4.37. The second kappa shape index (κ2) is 7.31. The summed E-state index contributed by atoms with van der Waals surface area (Å²) in [7, 11) is 0. The summed E-state index contributed by atoms with van der Waals surface area (Å²) in [6.07, 6.45) is 1.84. The molecule has 0 saturated carbocycles. The lowest BCUT2D eigenvalue weighted by atomic mass is 10.1. The van der Waals surface area contributed by atoms with Crippen LogP contribution in [0.3, 0.4) is 0 Å². The Hall–Kier alpha value is -1.32. The van der Waals surface area contributed by atoms with Crippen LogP contribution in [-0.2, 0) is 5.75 Å². The molecule has 1 atom stereocenters. The van der Waals surface area contributed by atoms with Crippen molar-refractivity contribution < 1.29 is 0 Å². The van der Waals surface area contributed by atoms with Crippen molar-refractivity contribution in [3.05, 3.63) is 59.9 Å². The fourth-order valence-corrected chi connectivity index (χ4v) is 2.73. The van der Waals surface area contributed by atoms with Gasteiger partial charge in [0.2, 0.25) is 0 Å². The first-order valence-corrected chi connectivity index (χ1v) is 7.64. The molecule has 1 aromatic carbocycles. The fourth-order valence-electron chi connectivity index (χ4n) is 1.92. The minimum Gasteiger partial charge on any atom is -0.310 e. The summed E-state index contributed by atoms with van der Waals surface area (Å²) in [5.74, 6) is 0.920. The van der Waals surface area contributed by atoms with Crippen molar-refractivity contribution in [2.45, 2.75) is 30.5 Å². The Balaban J connectivity index is 1.92. The lowest BCUT2D eigenvalue weighted by Gasteiger charge is -2.13. The molecule has 1 aromatic heterocycles. The van der Waals surface area contributed by atoms with Crippen molar-refractivity contribution >= 4 is 11.8 Å². The summed E-state index contributed by atoms with van der Waals surface area (Å²) in [5.41, 5.74) is 2.46. The van der Waals surface area contributed by atoms with Crippen LogP contribution in [0.2, 0.25) is 0 Å². The normalized spacial score (nSPS) is 12.3. The molecule has 0 aliphatic rings. The van der Waals surface area contributed by atoms with Crippen LogP contribution in [0.15, 0.2) is 53.6 Å². The topological polar surface area (TPSA) is 24.9 Å². The fraction of sp³-hybridized carbons (Fsp3) is 0.312. The van der Waals surface area contributed by atoms with Crippen LogP contribution < -0.4 is 5.32 Å². The van der Waals surface area contributed by atoms with Crippen LogP contribution in [0.5, 0.6) is 0 Å². The van der Waals surface area contributed by atoms with Crippen molar-refractivity contribution in [2.24, 2.45) is 0 Å². The van der Waals surface area contributed by atoms with Crippen molar-refractivity contribution in [3.8, 4) is 0 Å². The van der Waals surface area contributed by atoms with E-state index >= 15 is 0 Å². The van der Waals surface area contributed by atoms with E-state index in [1.807, 2.05) is 30.1 Å². The third-order valence-corrected chi connectivity index (χ3v) is 4.05. The molecule has 0 aliphatic heterocycles. The Morgan fingerprint density at radius 1 is 1.16 bits per heavy atom. The molecule has 19 heavy (non-hydrogen) atoms. The van der Waals surface area contributed by atoms with Gasteiger partial charge in [0, 0.05) is 22.9 Å². The van der Waals surface area contributed by atoms with Gasteiger partial charge in [-0.1, -0.05) is 25.1 Å². The Labute approximate surface area is 119 Å². The van der Waals surface area contributed by atoms with Crippen molar-refractivity contribution in [1.29, 1.82) is 0 Å². The highest BCUT2D eigenvalue weighted by Gasteiger charge is 2.03. The number of aromatic nitrogens is 1. The van der Waals surface area contributed by atoms with Crippen molar-refractivity contribution in [3.63, 3.8) is 0 Å². The highest BCUT2D eigenvalue weighted by Crippen LogP contribution is 2.23. The number of nitrogens with zero attached hydrogens (tertiary/aromatic N) is 1. The molecule has 0 bridgehead atoms. The lowest BCUT2D eigenvalue weighted by Crippen LogP contribution is -2.17. The van der Waals surface area contributed by atoms with E-state index in [-0.39, 0.29) is 0 Å². The van der Waals surface area contributed by atoms with E-state index in [0.717, 1.165) is 18.0 Å². The van der Waals surface area contributed by atoms with Gasteiger partial charge in [-0.15, -0.1) is 11.8 Å². The Morgan fingerprint density at radius 2 is 1.95 bits per heavy atom. The Kier molecular flexibility index (Phi) is 5.43. The molecule has 100 valence electrons. The van der Waals surface area contributed by atoms with Crippen LogP contribution in [0.4, 0.5) is 0 Å². The van der Waals surface area contributed by atoms with Crippen LogP contribution in [0.25, 0.3) is 0 Å². The summed E-state index contributed by atoms with van der Waals surface area (Å²) in [6, 6.07) is 15.2. The number of nitrogens with one attached hydrogen (secondary N) is 1. The molecule has 0 radical (unpaired) electrons. The van der Waals surface area contributed by atoms with E-state index < -0.39 is 0 Å². The van der Waals surface area contributed by atoms with Crippen LogP contribution in [0.1, 0.15) is 31.1 Å². The lowest BCUT2D eigenvalue weighted by molar-refractivity contribution is 0.598. The van der Waals surface area contributed by atoms with E-state index in [9.17, 15) is 0 Å². The quantitative estimate of drug-likeness (QED) is 0.803. The summed E-state index contributed by atoms with van der Waals surface area (Å²) >= 11 is 1.82. The Bertz CT molecular complexity index is 482. The van der Waals surface area contributed by atoms with E-state index in [2.05, 4.69) is 54.5 Å². The van der Waals surface area contributed by atoms with Gasteiger partial charge in [-0.05, 0) is 43.3 Å². The first kappa shape index (κ1) is 14.1. The van der Waals surface area contributed by atoms with Gasteiger partial charge in [-0.25, -0.2) is 0 Å². The number of benzene rings is 1. The number of thioether (sulfide) groups is 1. The third-order valence-electron chi connectivity index (χ3n) is 3.00. The van der Waals surface area contributed by atoms with Gasteiger partial charge < -0.3 is 5.32 Å². The molecule has 1 N–H and O–H groups in total. The molecule has 2 rings (SSSR count). The van der Waals surface area contributed by atoms with Crippen molar-refractivity contribution in [1.82, 2.24) is 10.3 Å². The monoisotopic (exact) mass is 272 g/mol. The molecule has 3 heteroatoms. The minimum absolute atomic E-state index is 0.417. The molecule has 0 aliphatic carbocycles. The van der Waals surface area contributed by atoms with Gasteiger partial charge in [0.1, 0.15) is 0 Å². The number of hydrogen-bond acceptors (Lipinski definition) is 3. The number of hydrogen-bond donors (Lipinski definition) is 1. The molecular weight excluding hydrogens is 252 g/mol. The van der Waals surface area contributed by atoms with Gasteiger partial charge >= 0.3 is 0 Å². The second-order valence-electron chi connectivity index (χ2n) is 4.46. The maximum Gasteiger partial charge on any atom is 0.0506 e. The van der Waals surface area contributed by atoms with E-state index in [4.69, 9.17) is 0 Å². The largest absolute Gasteiger partial charge is 0.310 e. The van der Waals surface area contributed by atoms with Gasteiger partial charge in [0.25, 0.3) is 0 Å². The van der Waals surface area contributed by atoms with E-state index in [0.29, 0.717) is 6.04 Å². The minimum atomic E-state index is 0.417. The standard InChI is InChI=1S/C16H20N2S/c1-3-17-13(2)14-7-9-16(10-8-14)19-12-15-6-4-5-11-18-15/h4-11,13,17H,3,12H2,1-2H3. The molecule has 2 aromatic rings. The predicted molar refractivity (Wildman–Crippen MR) is 82.3 cm³/mol. The number of rotatable bonds is 6.